The summed E-state index contributed by atoms with van der Waals surface area (Å²) in [5, 5.41) is 12.9. The molecule has 1 aliphatic heterocycles. The number of aliphatic hydroxyl groups is 1. The molecule has 7 heteroatoms. The van der Waals surface area contributed by atoms with E-state index in [4.69, 9.17) is 4.74 Å². The van der Waals surface area contributed by atoms with Crippen LogP contribution in [0.15, 0.2) is 72.8 Å². The fourth-order valence-electron chi connectivity index (χ4n) is 6.52. The van der Waals surface area contributed by atoms with Gasteiger partial charge in [-0.1, -0.05) is 105 Å². The Bertz CT molecular complexity index is 1180. The Morgan fingerprint density at radius 2 is 1.57 bits per heavy atom. The van der Waals surface area contributed by atoms with E-state index in [1.807, 2.05) is 66.7 Å². The highest BCUT2D eigenvalue weighted by atomic mass is 16.5. The summed E-state index contributed by atoms with van der Waals surface area (Å²) in [6.07, 6.45) is 14.2. The van der Waals surface area contributed by atoms with E-state index < -0.39 is 5.92 Å². The van der Waals surface area contributed by atoms with Crippen LogP contribution in [-0.2, 0) is 32.1 Å². The minimum Gasteiger partial charge on any atom is -0.463 e. The Morgan fingerprint density at radius 1 is 0.864 bits per heavy atom. The van der Waals surface area contributed by atoms with E-state index in [-0.39, 0.29) is 55.9 Å². The highest BCUT2D eigenvalue weighted by Gasteiger charge is 2.29. The minimum absolute atomic E-state index is 0.0537. The van der Waals surface area contributed by atoms with Crippen LogP contribution >= 0.6 is 0 Å². The molecule has 1 saturated carbocycles. The van der Waals surface area contributed by atoms with Crippen LogP contribution < -0.4 is 5.32 Å². The van der Waals surface area contributed by atoms with Crippen LogP contribution in [0, 0.1) is 17.8 Å². The van der Waals surface area contributed by atoms with E-state index in [2.05, 4.69) is 11.4 Å². The Balaban J connectivity index is 1.48. The zero-order valence-corrected chi connectivity index (χ0v) is 26.1. The number of hydrogen-bond acceptors (Lipinski definition) is 5. The number of carbonyl (C=O) groups is 3. The summed E-state index contributed by atoms with van der Waals surface area (Å²) in [6, 6.07) is 19.5. The van der Waals surface area contributed by atoms with Crippen molar-refractivity contribution >= 4 is 17.8 Å². The molecular formula is C37H50N2O5. The number of amides is 2. The molecule has 44 heavy (non-hydrogen) atoms. The Morgan fingerprint density at radius 3 is 2.27 bits per heavy atom. The number of nitrogens with one attached hydrogen (secondary N) is 1. The number of cyclic esters (lactones) is 1. The molecule has 238 valence electrons. The van der Waals surface area contributed by atoms with Gasteiger partial charge in [0.2, 0.25) is 11.8 Å². The summed E-state index contributed by atoms with van der Waals surface area (Å²) in [5.74, 6) is -0.831. The van der Waals surface area contributed by atoms with Crippen LogP contribution in [0.5, 0.6) is 0 Å². The van der Waals surface area contributed by atoms with E-state index in [0.717, 1.165) is 49.7 Å². The zero-order valence-electron chi connectivity index (χ0n) is 26.1. The van der Waals surface area contributed by atoms with Gasteiger partial charge in [0.1, 0.15) is 6.61 Å². The smallest absolute Gasteiger partial charge is 0.309 e. The van der Waals surface area contributed by atoms with Gasteiger partial charge in [-0.05, 0) is 55.6 Å². The lowest BCUT2D eigenvalue weighted by atomic mass is 9.84. The maximum atomic E-state index is 13.8. The molecule has 2 aromatic rings. The number of allylic oxidation sites excluding steroid dienone is 2. The molecule has 2 amide bonds. The third-order valence-corrected chi connectivity index (χ3v) is 9.02. The molecule has 1 heterocycles. The van der Waals surface area contributed by atoms with Crippen LogP contribution in [-0.4, -0.2) is 53.6 Å². The number of esters is 1. The summed E-state index contributed by atoms with van der Waals surface area (Å²) in [4.78, 5) is 42.3. The van der Waals surface area contributed by atoms with Gasteiger partial charge in [-0.15, -0.1) is 0 Å². The monoisotopic (exact) mass is 602 g/mol. The number of rotatable bonds is 10. The number of nitrogens with zero attached hydrogens (tertiary/aromatic N) is 1. The van der Waals surface area contributed by atoms with Crippen LogP contribution in [0.2, 0.25) is 0 Å². The summed E-state index contributed by atoms with van der Waals surface area (Å²) in [7, 11) is 0. The van der Waals surface area contributed by atoms with Gasteiger partial charge in [0.05, 0.1) is 24.5 Å². The molecule has 0 aromatic heterocycles. The Kier molecular flexibility index (Phi) is 14.0. The molecule has 0 saturated heterocycles. The molecule has 0 radical (unpaired) electrons. The first-order valence-corrected chi connectivity index (χ1v) is 16.6. The molecule has 1 fully saturated rings. The van der Waals surface area contributed by atoms with E-state index in [9.17, 15) is 19.5 Å². The summed E-state index contributed by atoms with van der Waals surface area (Å²) in [6.45, 7) is 0.597. The number of benzene rings is 2. The van der Waals surface area contributed by atoms with Crippen LogP contribution in [0.1, 0.15) is 81.8 Å². The van der Waals surface area contributed by atoms with Crippen molar-refractivity contribution < 1.29 is 24.2 Å². The summed E-state index contributed by atoms with van der Waals surface area (Å²) >= 11 is 0. The molecule has 3 atom stereocenters. The van der Waals surface area contributed by atoms with Gasteiger partial charge in [-0.2, -0.15) is 0 Å². The van der Waals surface area contributed by atoms with Gasteiger partial charge >= 0.3 is 5.97 Å². The second kappa shape index (κ2) is 18.4. The standard InChI is InChI=1S/C37H50N2O5/c40-23-22-39(27-31-18-10-5-11-19-31)35(41)26-32-20-12-1-2-13-21-33(24-29-14-6-3-7-15-29)37(43)44-28-34(38-36(32)42)25-30-16-8-4-9-17-30/h1,3,5-7,10-12,14-15,18-19,30,32-34,40H,2,4,8-9,13,16-17,20-28H2,(H,38,42). The number of aliphatic hydroxyl groups excluding tert-OH is 1. The average Bonchev–Trinajstić information content (AvgIpc) is 3.04. The largest absolute Gasteiger partial charge is 0.463 e. The van der Waals surface area contributed by atoms with E-state index in [0.29, 0.717) is 25.3 Å². The molecular weight excluding hydrogens is 552 g/mol. The van der Waals surface area contributed by atoms with Crippen molar-refractivity contribution in [3.8, 4) is 0 Å². The van der Waals surface area contributed by atoms with Gasteiger partial charge in [-0.25, -0.2) is 0 Å². The zero-order chi connectivity index (χ0) is 31.0. The van der Waals surface area contributed by atoms with Crippen molar-refractivity contribution in [3.05, 3.63) is 83.9 Å². The quantitative estimate of drug-likeness (QED) is 0.257. The molecule has 7 nitrogen and oxygen atoms in total. The van der Waals surface area contributed by atoms with Crippen molar-refractivity contribution in [2.24, 2.45) is 17.8 Å². The minimum atomic E-state index is -0.547. The van der Waals surface area contributed by atoms with E-state index >= 15 is 0 Å². The van der Waals surface area contributed by atoms with Gasteiger partial charge in [0.25, 0.3) is 0 Å². The van der Waals surface area contributed by atoms with E-state index in [1.54, 1.807) is 4.90 Å². The lowest BCUT2D eigenvalue weighted by Gasteiger charge is -2.29. The Labute approximate surface area is 263 Å². The molecule has 2 aromatic carbocycles. The van der Waals surface area contributed by atoms with Crippen molar-refractivity contribution in [1.29, 1.82) is 0 Å². The maximum absolute atomic E-state index is 13.8. The maximum Gasteiger partial charge on any atom is 0.309 e. The van der Waals surface area contributed by atoms with Gasteiger partial charge in [0.15, 0.2) is 0 Å². The normalized spacial score (nSPS) is 22.4. The fraction of sp³-hybridized carbons (Fsp3) is 0.541. The SMILES string of the molecule is O=C1NC(CC2CCCCC2)COC(=O)C(Cc2ccccc2)CCCC=CCC1CC(=O)N(CCO)Cc1ccccc1. The Hall–Kier alpha value is -3.45. The third kappa shape index (κ3) is 11.2. The predicted molar refractivity (Wildman–Crippen MR) is 172 cm³/mol. The highest BCUT2D eigenvalue weighted by Crippen LogP contribution is 2.28. The molecule has 0 spiro atoms. The number of ether oxygens (including phenoxy) is 1. The van der Waals surface area contributed by atoms with Gasteiger partial charge in [-0.3, -0.25) is 14.4 Å². The van der Waals surface area contributed by atoms with Crippen molar-refractivity contribution in [1.82, 2.24) is 10.2 Å². The molecule has 2 N–H and O–H groups in total. The molecule has 2 aliphatic rings. The topological polar surface area (TPSA) is 95.9 Å². The third-order valence-electron chi connectivity index (χ3n) is 9.02. The van der Waals surface area contributed by atoms with Crippen molar-refractivity contribution in [3.63, 3.8) is 0 Å². The molecule has 3 unspecified atom stereocenters. The lowest BCUT2D eigenvalue weighted by Crippen LogP contribution is -2.45. The highest BCUT2D eigenvalue weighted by molar-refractivity contribution is 5.86. The fourth-order valence-corrected chi connectivity index (χ4v) is 6.52. The van der Waals surface area contributed by atoms with Gasteiger partial charge < -0.3 is 20.1 Å². The summed E-state index contributed by atoms with van der Waals surface area (Å²) in [5.41, 5.74) is 2.10. The predicted octanol–water partition coefficient (Wildman–Crippen LogP) is 6.00. The van der Waals surface area contributed by atoms with E-state index in [1.165, 1.54) is 19.3 Å². The average molecular weight is 603 g/mol. The number of hydrogen-bond donors (Lipinski definition) is 2. The molecule has 1 aliphatic carbocycles. The van der Waals surface area contributed by atoms with Crippen molar-refractivity contribution in [2.45, 2.75) is 89.6 Å². The first-order valence-electron chi connectivity index (χ1n) is 16.6. The second-order valence-electron chi connectivity index (χ2n) is 12.5. The van der Waals surface area contributed by atoms with Crippen LogP contribution in [0.4, 0.5) is 0 Å². The van der Waals surface area contributed by atoms with Crippen LogP contribution in [0.3, 0.4) is 0 Å². The molecule has 0 bridgehead atoms. The summed E-state index contributed by atoms with van der Waals surface area (Å²) < 4.78 is 5.95. The van der Waals surface area contributed by atoms with Gasteiger partial charge in [0, 0.05) is 19.5 Å². The first kappa shape index (κ1) is 33.4. The molecule has 4 rings (SSSR count). The first-order chi connectivity index (χ1) is 21.5. The second-order valence-corrected chi connectivity index (χ2v) is 12.5. The van der Waals surface area contributed by atoms with Crippen LogP contribution in [0.25, 0.3) is 0 Å². The van der Waals surface area contributed by atoms with Crippen molar-refractivity contribution in [2.75, 3.05) is 19.8 Å². The lowest BCUT2D eigenvalue weighted by molar-refractivity contribution is -0.150. The number of carbonyl (C=O) groups excluding carboxylic acids is 3.